The van der Waals surface area contributed by atoms with Gasteiger partial charge in [-0.3, -0.25) is 9.48 Å². The van der Waals surface area contributed by atoms with Crippen LogP contribution in [-0.4, -0.2) is 20.8 Å². The number of primary amides is 1. The molecule has 2 aromatic rings. The molecule has 1 aromatic heterocycles. The average Bonchev–Trinajstić information content (AvgIpc) is 2.86. The molecule has 0 radical (unpaired) electrons. The number of rotatable bonds is 4. The summed E-state index contributed by atoms with van der Waals surface area (Å²) < 4.78 is 1.51. The molecule has 2 rings (SSSR count). The first-order valence-electron chi connectivity index (χ1n) is 6.62. The van der Waals surface area contributed by atoms with E-state index < -0.39 is 5.91 Å². The van der Waals surface area contributed by atoms with Crippen molar-refractivity contribution in [1.82, 2.24) is 9.78 Å². The highest BCUT2D eigenvalue weighted by Gasteiger charge is 2.16. The van der Waals surface area contributed by atoms with Crippen LogP contribution in [-0.2, 0) is 6.54 Å². The zero-order valence-electron chi connectivity index (χ0n) is 12.2. The van der Waals surface area contributed by atoms with Gasteiger partial charge < -0.3 is 16.4 Å². The molecule has 0 aliphatic rings. The van der Waals surface area contributed by atoms with Crippen LogP contribution in [0.1, 0.15) is 23.0 Å². The largest absolute Gasteiger partial charge is 0.364 e. The molecule has 0 aliphatic carbocycles. The summed E-state index contributed by atoms with van der Waals surface area (Å²) in [5.74, 6) is -0.566. The zero-order chi connectivity index (χ0) is 16.3. The van der Waals surface area contributed by atoms with E-state index in [1.807, 2.05) is 26.0 Å². The smallest absolute Gasteiger partial charge is 0.269 e. The molecule has 1 aromatic carbocycles. The Kier molecular flexibility index (Phi) is 4.99. The second-order valence-electron chi connectivity index (χ2n) is 4.58. The van der Waals surface area contributed by atoms with E-state index in [9.17, 15) is 4.79 Å². The van der Waals surface area contributed by atoms with Crippen molar-refractivity contribution in [2.75, 3.05) is 10.6 Å². The zero-order valence-corrected chi connectivity index (χ0v) is 13.8. The van der Waals surface area contributed by atoms with Crippen molar-refractivity contribution in [3.8, 4) is 0 Å². The van der Waals surface area contributed by atoms with Gasteiger partial charge in [0.1, 0.15) is 5.69 Å². The van der Waals surface area contributed by atoms with Crippen LogP contribution in [0.4, 0.5) is 11.4 Å². The third kappa shape index (κ3) is 3.37. The van der Waals surface area contributed by atoms with Crippen LogP contribution in [0.3, 0.4) is 0 Å². The number of anilines is 2. The van der Waals surface area contributed by atoms with Gasteiger partial charge in [0.2, 0.25) is 0 Å². The van der Waals surface area contributed by atoms with E-state index in [-0.39, 0.29) is 5.69 Å². The number of thiocarbonyl (C=S) groups is 1. The summed E-state index contributed by atoms with van der Waals surface area (Å²) in [5.41, 5.74) is 7.81. The molecule has 22 heavy (non-hydrogen) atoms. The van der Waals surface area contributed by atoms with Gasteiger partial charge in [-0.2, -0.15) is 5.10 Å². The number of carbonyl (C=O) groups excluding carboxylic acids is 1. The molecule has 0 saturated heterocycles. The predicted octanol–water partition coefficient (Wildman–Crippen LogP) is 2.77. The monoisotopic (exact) mass is 337 g/mol. The summed E-state index contributed by atoms with van der Waals surface area (Å²) in [6.07, 6.45) is 1.52. The van der Waals surface area contributed by atoms with Gasteiger partial charge in [-0.05, 0) is 43.8 Å². The molecule has 0 saturated carbocycles. The number of aromatic nitrogens is 2. The molecule has 1 heterocycles. The Labute approximate surface area is 138 Å². The Morgan fingerprint density at radius 1 is 1.41 bits per heavy atom. The number of carbonyl (C=O) groups is 1. The summed E-state index contributed by atoms with van der Waals surface area (Å²) in [6, 6.07) is 5.49. The van der Waals surface area contributed by atoms with E-state index in [4.69, 9.17) is 29.6 Å². The third-order valence-corrected chi connectivity index (χ3v) is 3.75. The lowest BCUT2D eigenvalue weighted by molar-refractivity contribution is 0.0991. The van der Waals surface area contributed by atoms with Crippen molar-refractivity contribution in [2.24, 2.45) is 5.73 Å². The van der Waals surface area contributed by atoms with Crippen LogP contribution in [0, 0.1) is 6.92 Å². The Hall–Kier alpha value is -2.12. The first-order chi connectivity index (χ1) is 10.4. The summed E-state index contributed by atoms with van der Waals surface area (Å²) in [7, 11) is 0. The van der Waals surface area contributed by atoms with E-state index in [1.165, 1.54) is 10.9 Å². The van der Waals surface area contributed by atoms with Crippen molar-refractivity contribution in [3.05, 3.63) is 40.7 Å². The lowest BCUT2D eigenvalue weighted by atomic mass is 10.2. The quantitative estimate of drug-likeness (QED) is 0.747. The second kappa shape index (κ2) is 6.76. The SMILES string of the molecule is CCn1ncc(NC(=S)Nc2cccc(Cl)c2C)c1C(N)=O. The molecule has 4 N–H and O–H groups in total. The van der Waals surface area contributed by atoms with Crippen LogP contribution in [0.25, 0.3) is 0 Å². The van der Waals surface area contributed by atoms with E-state index in [2.05, 4.69) is 15.7 Å². The maximum Gasteiger partial charge on any atom is 0.269 e. The highest BCUT2D eigenvalue weighted by Crippen LogP contribution is 2.23. The minimum absolute atomic E-state index is 0.287. The highest BCUT2D eigenvalue weighted by molar-refractivity contribution is 7.80. The maximum absolute atomic E-state index is 11.5. The number of benzene rings is 1. The van der Waals surface area contributed by atoms with E-state index in [0.717, 1.165) is 11.3 Å². The number of nitrogens with one attached hydrogen (secondary N) is 2. The van der Waals surface area contributed by atoms with Crippen LogP contribution >= 0.6 is 23.8 Å². The predicted molar refractivity (Wildman–Crippen MR) is 92.5 cm³/mol. The molecule has 0 fully saturated rings. The van der Waals surface area contributed by atoms with Gasteiger partial charge in [-0.1, -0.05) is 17.7 Å². The average molecular weight is 338 g/mol. The number of halogens is 1. The molecule has 116 valence electrons. The molecule has 0 unspecified atom stereocenters. The van der Waals surface area contributed by atoms with Crippen molar-refractivity contribution in [2.45, 2.75) is 20.4 Å². The number of amides is 1. The summed E-state index contributed by atoms with van der Waals surface area (Å²) in [4.78, 5) is 11.5. The first-order valence-corrected chi connectivity index (χ1v) is 7.41. The number of hydrogen-bond acceptors (Lipinski definition) is 3. The van der Waals surface area contributed by atoms with Gasteiger partial charge in [-0.25, -0.2) is 0 Å². The lowest BCUT2D eigenvalue weighted by Crippen LogP contribution is -2.23. The van der Waals surface area contributed by atoms with E-state index in [0.29, 0.717) is 22.4 Å². The van der Waals surface area contributed by atoms with Gasteiger partial charge in [0.05, 0.1) is 11.9 Å². The normalized spacial score (nSPS) is 10.3. The fraction of sp³-hybridized carbons (Fsp3) is 0.214. The topological polar surface area (TPSA) is 85.0 Å². The van der Waals surface area contributed by atoms with Gasteiger partial charge >= 0.3 is 0 Å². The second-order valence-corrected chi connectivity index (χ2v) is 5.39. The minimum atomic E-state index is -0.566. The van der Waals surface area contributed by atoms with Gasteiger partial charge in [0.25, 0.3) is 5.91 Å². The molecular formula is C14H16ClN5OS. The van der Waals surface area contributed by atoms with Crippen LogP contribution < -0.4 is 16.4 Å². The number of nitrogens with zero attached hydrogens (tertiary/aromatic N) is 2. The standard InChI is InChI=1S/C14H16ClN5OS/c1-3-20-12(13(16)21)11(7-17-20)19-14(22)18-10-6-4-5-9(15)8(10)2/h4-7H,3H2,1-2H3,(H2,16,21)(H2,18,19,22). The molecule has 0 spiro atoms. The first kappa shape index (κ1) is 16.3. The van der Waals surface area contributed by atoms with Crippen molar-refractivity contribution in [3.63, 3.8) is 0 Å². The summed E-state index contributed by atoms with van der Waals surface area (Å²) >= 11 is 11.3. The maximum atomic E-state index is 11.5. The summed E-state index contributed by atoms with van der Waals surface area (Å²) in [5, 5.41) is 11.0. The molecule has 6 nitrogen and oxygen atoms in total. The fourth-order valence-corrected chi connectivity index (χ4v) is 2.39. The van der Waals surface area contributed by atoms with E-state index >= 15 is 0 Å². The number of hydrogen-bond donors (Lipinski definition) is 3. The van der Waals surface area contributed by atoms with Gasteiger partial charge in [0.15, 0.2) is 5.11 Å². The van der Waals surface area contributed by atoms with Gasteiger partial charge in [0, 0.05) is 17.3 Å². The fourth-order valence-electron chi connectivity index (χ4n) is 2.00. The molecule has 0 atom stereocenters. The number of aryl methyl sites for hydroxylation is 1. The molecule has 8 heteroatoms. The molecular weight excluding hydrogens is 322 g/mol. The third-order valence-electron chi connectivity index (χ3n) is 3.14. The Morgan fingerprint density at radius 3 is 2.73 bits per heavy atom. The van der Waals surface area contributed by atoms with Crippen LogP contribution in [0.5, 0.6) is 0 Å². The molecule has 0 aliphatic heterocycles. The Balaban J connectivity index is 2.18. The minimum Gasteiger partial charge on any atom is -0.364 e. The Bertz CT molecular complexity index is 728. The van der Waals surface area contributed by atoms with Crippen LogP contribution in [0.15, 0.2) is 24.4 Å². The molecule has 0 bridgehead atoms. The Morgan fingerprint density at radius 2 is 2.09 bits per heavy atom. The number of nitrogens with two attached hydrogens (primary N) is 1. The lowest BCUT2D eigenvalue weighted by Gasteiger charge is -2.13. The van der Waals surface area contributed by atoms with Crippen molar-refractivity contribution >= 4 is 46.2 Å². The van der Waals surface area contributed by atoms with Gasteiger partial charge in [-0.15, -0.1) is 0 Å². The van der Waals surface area contributed by atoms with Crippen molar-refractivity contribution < 1.29 is 4.79 Å². The van der Waals surface area contributed by atoms with Crippen molar-refractivity contribution in [1.29, 1.82) is 0 Å². The highest BCUT2D eigenvalue weighted by atomic mass is 35.5. The van der Waals surface area contributed by atoms with Crippen LogP contribution in [0.2, 0.25) is 5.02 Å². The van der Waals surface area contributed by atoms with E-state index in [1.54, 1.807) is 6.07 Å². The molecule has 1 amide bonds. The summed E-state index contributed by atoms with van der Waals surface area (Å²) in [6.45, 7) is 4.29.